The Morgan fingerprint density at radius 2 is 2.20 bits per heavy atom. The molecule has 4 nitrogen and oxygen atoms in total. The Morgan fingerprint density at radius 3 is 2.73 bits per heavy atom. The zero-order valence-corrected chi connectivity index (χ0v) is 10.1. The van der Waals surface area contributed by atoms with Gasteiger partial charge in [0.15, 0.2) is 0 Å². The van der Waals surface area contributed by atoms with E-state index in [1.807, 2.05) is 0 Å². The second-order valence-electron chi connectivity index (χ2n) is 4.91. The highest BCUT2D eigenvalue weighted by Gasteiger charge is 2.28. The van der Waals surface area contributed by atoms with Crippen LogP contribution in [0.3, 0.4) is 0 Å². The van der Waals surface area contributed by atoms with Gasteiger partial charge in [0, 0.05) is 25.6 Å². The highest BCUT2D eigenvalue weighted by atomic mass is 16.6. The zero-order chi connectivity index (χ0) is 11.5. The van der Waals surface area contributed by atoms with Crippen LogP contribution in [0, 0.1) is 0 Å². The summed E-state index contributed by atoms with van der Waals surface area (Å²) in [5.41, 5.74) is 0.151. The Hall–Kier alpha value is -0.610. The lowest BCUT2D eigenvalue weighted by Gasteiger charge is -2.41. The van der Waals surface area contributed by atoms with Crippen molar-refractivity contribution in [1.82, 2.24) is 4.90 Å². The van der Waals surface area contributed by atoms with E-state index in [4.69, 9.17) is 9.47 Å². The van der Waals surface area contributed by atoms with E-state index in [9.17, 15) is 4.79 Å². The quantitative estimate of drug-likeness (QED) is 0.645. The predicted molar refractivity (Wildman–Crippen MR) is 57.7 cm³/mol. The van der Waals surface area contributed by atoms with Gasteiger partial charge >= 0.3 is 5.97 Å². The molecule has 1 aliphatic rings. The van der Waals surface area contributed by atoms with Gasteiger partial charge < -0.3 is 9.47 Å². The number of hydrogen-bond acceptors (Lipinski definition) is 4. The Labute approximate surface area is 91.5 Å². The SMILES string of the molecule is CC(=O)OCC1CN(C(C)(C)C)CCO1. The van der Waals surface area contributed by atoms with E-state index in [1.54, 1.807) is 0 Å². The molecule has 0 spiro atoms. The Balaban J connectivity index is 2.39. The van der Waals surface area contributed by atoms with Gasteiger partial charge in [-0.3, -0.25) is 9.69 Å². The predicted octanol–water partition coefficient (Wildman–Crippen LogP) is 1.05. The molecule has 0 aromatic rings. The van der Waals surface area contributed by atoms with Crippen LogP contribution in [0.25, 0.3) is 0 Å². The van der Waals surface area contributed by atoms with E-state index in [1.165, 1.54) is 6.92 Å². The number of nitrogens with zero attached hydrogens (tertiary/aromatic N) is 1. The average Bonchev–Trinajstić information content (AvgIpc) is 2.14. The molecule has 1 atom stereocenters. The lowest BCUT2D eigenvalue weighted by Crippen LogP contribution is -2.52. The summed E-state index contributed by atoms with van der Waals surface area (Å²) in [5, 5.41) is 0. The van der Waals surface area contributed by atoms with Gasteiger partial charge in [-0.05, 0) is 20.8 Å². The summed E-state index contributed by atoms with van der Waals surface area (Å²) in [6.07, 6.45) is 0.0156. The van der Waals surface area contributed by atoms with Crippen molar-refractivity contribution in [2.75, 3.05) is 26.3 Å². The molecular formula is C11H21NO3. The van der Waals surface area contributed by atoms with Gasteiger partial charge in [0.25, 0.3) is 0 Å². The van der Waals surface area contributed by atoms with Crippen LogP contribution in [0.15, 0.2) is 0 Å². The van der Waals surface area contributed by atoms with Gasteiger partial charge in [0.05, 0.1) is 6.61 Å². The van der Waals surface area contributed by atoms with E-state index < -0.39 is 0 Å². The Bertz CT molecular complexity index is 222. The topological polar surface area (TPSA) is 38.8 Å². The van der Waals surface area contributed by atoms with Crippen LogP contribution in [-0.4, -0.2) is 48.8 Å². The first kappa shape index (κ1) is 12.5. The van der Waals surface area contributed by atoms with E-state index in [0.717, 1.165) is 13.1 Å². The molecule has 0 N–H and O–H groups in total. The molecule has 1 heterocycles. The summed E-state index contributed by atoms with van der Waals surface area (Å²) in [6.45, 7) is 10.8. The smallest absolute Gasteiger partial charge is 0.302 e. The van der Waals surface area contributed by atoms with Crippen molar-refractivity contribution in [3.05, 3.63) is 0 Å². The number of hydrogen-bond donors (Lipinski definition) is 0. The third-order valence-corrected chi connectivity index (χ3v) is 2.56. The first-order valence-electron chi connectivity index (χ1n) is 5.39. The van der Waals surface area contributed by atoms with Gasteiger partial charge in [0.1, 0.15) is 12.7 Å². The van der Waals surface area contributed by atoms with E-state index in [0.29, 0.717) is 13.2 Å². The summed E-state index contributed by atoms with van der Waals surface area (Å²) in [4.78, 5) is 13.0. The molecule has 1 unspecified atom stereocenters. The molecule has 1 rings (SSSR count). The second kappa shape index (κ2) is 4.94. The zero-order valence-electron chi connectivity index (χ0n) is 10.1. The third kappa shape index (κ3) is 4.18. The minimum absolute atomic E-state index is 0.0156. The highest BCUT2D eigenvalue weighted by Crippen LogP contribution is 2.17. The highest BCUT2D eigenvalue weighted by molar-refractivity contribution is 5.65. The molecule has 0 aromatic carbocycles. The number of morpholine rings is 1. The molecule has 1 aliphatic heterocycles. The monoisotopic (exact) mass is 215 g/mol. The lowest BCUT2D eigenvalue weighted by molar-refractivity contribution is -0.149. The second-order valence-corrected chi connectivity index (χ2v) is 4.91. The minimum Gasteiger partial charge on any atom is -0.463 e. The van der Waals surface area contributed by atoms with Crippen molar-refractivity contribution in [2.24, 2.45) is 0 Å². The molecular weight excluding hydrogens is 194 g/mol. The maximum absolute atomic E-state index is 10.7. The Kier molecular flexibility index (Phi) is 4.11. The number of esters is 1. The van der Waals surface area contributed by atoms with E-state index in [2.05, 4.69) is 25.7 Å². The van der Waals surface area contributed by atoms with Gasteiger partial charge in [0.2, 0.25) is 0 Å². The molecule has 0 amide bonds. The van der Waals surface area contributed by atoms with Crippen molar-refractivity contribution < 1.29 is 14.3 Å². The molecule has 15 heavy (non-hydrogen) atoms. The standard InChI is InChI=1S/C11H21NO3/c1-9(13)15-8-10-7-12(5-6-14-10)11(2,3)4/h10H,5-8H2,1-4H3. The van der Waals surface area contributed by atoms with Crippen molar-refractivity contribution in [1.29, 1.82) is 0 Å². The van der Waals surface area contributed by atoms with Crippen molar-refractivity contribution in [3.8, 4) is 0 Å². The molecule has 0 bridgehead atoms. The summed E-state index contributed by atoms with van der Waals surface area (Å²) < 4.78 is 10.5. The number of carbonyl (C=O) groups is 1. The van der Waals surface area contributed by atoms with Crippen LogP contribution in [0.4, 0.5) is 0 Å². The first-order valence-corrected chi connectivity index (χ1v) is 5.39. The molecule has 1 fully saturated rings. The van der Waals surface area contributed by atoms with Crippen LogP contribution >= 0.6 is 0 Å². The summed E-state index contributed by atoms with van der Waals surface area (Å²) in [6, 6.07) is 0. The fourth-order valence-corrected chi connectivity index (χ4v) is 1.64. The minimum atomic E-state index is -0.244. The number of carbonyl (C=O) groups excluding carboxylic acids is 1. The van der Waals surface area contributed by atoms with Crippen molar-refractivity contribution in [2.45, 2.75) is 39.3 Å². The fourth-order valence-electron chi connectivity index (χ4n) is 1.64. The normalized spacial score (nSPS) is 23.9. The largest absolute Gasteiger partial charge is 0.463 e. The van der Waals surface area contributed by atoms with Crippen LogP contribution in [-0.2, 0) is 14.3 Å². The third-order valence-electron chi connectivity index (χ3n) is 2.56. The molecule has 4 heteroatoms. The van der Waals surface area contributed by atoms with Gasteiger partial charge in [-0.1, -0.05) is 0 Å². The Morgan fingerprint density at radius 1 is 1.53 bits per heavy atom. The van der Waals surface area contributed by atoms with Crippen LogP contribution in [0.1, 0.15) is 27.7 Å². The summed E-state index contributed by atoms with van der Waals surface area (Å²) in [7, 11) is 0. The van der Waals surface area contributed by atoms with Gasteiger partial charge in [-0.25, -0.2) is 0 Å². The van der Waals surface area contributed by atoms with Crippen LogP contribution in [0.5, 0.6) is 0 Å². The molecule has 0 radical (unpaired) electrons. The van der Waals surface area contributed by atoms with Crippen molar-refractivity contribution >= 4 is 5.97 Å². The molecule has 0 saturated carbocycles. The first-order chi connectivity index (χ1) is 6.89. The van der Waals surface area contributed by atoms with E-state index >= 15 is 0 Å². The molecule has 0 aliphatic carbocycles. The fraction of sp³-hybridized carbons (Fsp3) is 0.909. The molecule has 88 valence electrons. The van der Waals surface area contributed by atoms with Crippen LogP contribution in [0.2, 0.25) is 0 Å². The molecule has 0 aromatic heterocycles. The van der Waals surface area contributed by atoms with Gasteiger partial charge in [-0.15, -0.1) is 0 Å². The van der Waals surface area contributed by atoms with Crippen molar-refractivity contribution in [3.63, 3.8) is 0 Å². The van der Waals surface area contributed by atoms with Gasteiger partial charge in [-0.2, -0.15) is 0 Å². The summed E-state index contributed by atoms with van der Waals surface area (Å²) in [5.74, 6) is -0.244. The van der Waals surface area contributed by atoms with Crippen LogP contribution < -0.4 is 0 Å². The maximum atomic E-state index is 10.7. The number of ether oxygens (including phenoxy) is 2. The average molecular weight is 215 g/mol. The number of rotatable bonds is 2. The van der Waals surface area contributed by atoms with E-state index in [-0.39, 0.29) is 17.6 Å². The summed E-state index contributed by atoms with van der Waals surface area (Å²) >= 11 is 0. The lowest BCUT2D eigenvalue weighted by atomic mass is 10.0. The maximum Gasteiger partial charge on any atom is 0.302 e. The molecule has 1 saturated heterocycles.